The number of benzene rings is 1. The Kier molecular flexibility index (Phi) is 5.13. The van der Waals surface area contributed by atoms with E-state index >= 15 is 0 Å². The first-order valence-electron chi connectivity index (χ1n) is 6.64. The third-order valence-corrected chi connectivity index (χ3v) is 3.57. The first-order chi connectivity index (χ1) is 9.28. The number of hydrogen-bond acceptors (Lipinski definition) is 2. The van der Waals surface area contributed by atoms with Crippen LogP contribution in [0.15, 0.2) is 18.2 Å². The van der Waals surface area contributed by atoms with Crippen molar-refractivity contribution in [2.24, 2.45) is 5.41 Å². The topological polar surface area (TPSA) is 78.4 Å². The lowest BCUT2D eigenvalue weighted by Crippen LogP contribution is -2.42. The van der Waals surface area contributed by atoms with E-state index in [4.69, 9.17) is 5.11 Å². The summed E-state index contributed by atoms with van der Waals surface area (Å²) >= 11 is 0. The number of amides is 2. The minimum Gasteiger partial charge on any atom is -0.481 e. The van der Waals surface area contributed by atoms with E-state index in [1.807, 2.05) is 32.0 Å². The van der Waals surface area contributed by atoms with Gasteiger partial charge in [0.1, 0.15) is 0 Å². The molecule has 0 aliphatic heterocycles. The van der Waals surface area contributed by atoms with Crippen molar-refractivity contribution in [2.45, 2.75) is 34.1 Å². The Bertz CT molecular complexity index is 514. The lowest BCUT2D eigenvalue weighted by molar-refractivity contribution is -0.147. The Morgan fingerprint density at radius 2 is 1.95 bits per heavy atom. The highest BCUT2D eigenvalue weighted by Crippen LogP contribution is 2.20. The van der Waals surface area contributed by atoms with Crippen LogP contribution in [0.3, 0.4) is 0 Å². The first-order valence-corrected chi connectivity index (χ1v) is 6.64. The number of carbonyl (C=O) groups is 2. The molecule has 5 nitrogen and oxygen atoms in total. The molecule has 110 valence electrons. The van der Waals surface area contributed by atoms with E-state index in [2.05, 4.69) is 10.6 Å². The van der Waals surface area contributed by atoms with Gasteiger partial charge in [0.25, 0.3) is 0 Å². The minimum atomic E-state index is -0.945. The van der Waals surface area contributed by atoms with Gasteiger partial charge in [-0.25, -0.2) is 4.79 Å². The van der Waals surface area contributed by atoms with Crippen LogP contribution in [0.2, 0.25) is 0 Å². The van der Waals surface area contributed by atoms with Gasteiger partial charge in [-0.3, -0.25) is 4.79 Å². The Hall–Kier alpha value is -2.04. The van der Waals surface area contributed by atoms with Crippen molar-refractivity contribution in [1.29, 1.82) is 0 Å². The van der Waals surface area contributed by atoms with Crippen LogP contribution >= 0.6 is 0 Å². The molecule has 1 unspecified atom stereocenters. The normalized spacial score (nSPS) is 13.4. The molecule has 0 saturated heterocycles. The number of carboxylic acids is 1. The SMILES string of the molecule is CCC(C)(CNC(=O)Nc1ccc(C)cc1C)C(=O)O. The summed E-state index contributed by atoms with van der Waals surface area (Å²) < 4.78 is 0. The maximum absolute atomic E-state index is 11.8. The van der Waals surface area contributed by atoms with Crippen LogP contribution in [0, 0.1) is 19.3 Å². The summed E-state index contributed by atoms with van der Waals surface area (Å²) in [6, 6.07) is 5.33. The summed E-state index contributed by atoms with van der Waals surface area (Å²) in [5.41, 5.74) is 1.87. The lowest BCUT2D eigenvalue weighted by Gasteiger charge is -2.23. The zero-order valence-electron chi connectivity index (χ0n) is 12.4. The molecule has 0 aromatic heterocycles. The van der Waals surface area contributed by atoms with Gasteiger partial charge in [-0.05, 0) is 38.8 Å². The first kappa shape index (κ1) is 16.0. The number of hydrogen-bond donors (Lipinski definition) is 3. The number of urea groups is 1. The third-order valence-electron chi connectivity index (χ3n) is 3.57. The maximum atomic E-state index is 11.8. The molecule has 0 bridgehead atoms. The van der Waals surface area contributed by atoms with Crippen molar-refractivity contribution in [2.75, 3.05) is 11.9 Å². The van der Waals surface area contributed by atoms with Crippen molar-refractivity contribution in [3.05, 3.63) is 29.3 Å². The van der Waals surface area contributed by atoms with Gasteiger partial charge in [0, 0.05) is 12.2 Å². The van der Waals surface area contributed by atoms with Crippen molar-refractivity contribution in [1.82, 2.24) is 5.32 Å². The highest BCUT2D eigenvalue weighted by Gasteiger charge is 2.31. The van der Waals surface area contributed by atoms with E-state index in [1.54, 1.807) is 13.8 Å². The fourth-order valence-electron chi connectivity index (χ4n) is 1.75. The van der Waals surface area contributed by atoms with Crippen molar-refractivity contribution in [3.63, 3.8) is 0 Å². The summed E-state index contributed by atoms with van der Waals surface area (Å²) in [6.45, 7) is 7.40. The Morgan fingerprint density at radius 3 is 2.45 bits per heavy atom. The lowest BCUT2D eigenvalue weighted by atomic mass is 9.88. The number of rotatable bonds is 5. The molecule has 1 aromatic carbocycles. The second-order valence-electron chi connectivity index (χ2n) is 5.35. The quantitative estimate of drug-likeness (QED) is 0.775. The van der Waals surface area contributed by atoms with E-state index in [1.165, 1.54) is 0 Å². The predicted octanol–water partition coefficient (Wildman–Crippen LogP) is 2.93. The fourth-order valence-corrected chi connectivity index (χ4v) is 1.75. The molecule has 0 aliphatic rings. The van der Waals surface area contributed by atoms with Crippen molar-refractivity contribution >= 4 is 17.7 Å². The van der Waals surface area contributed by atoms with Gasteiger partial charge < -0.3 is 15.7 Å². The maximum Gasteiger partial charge on any atom is 0.319 e. The molecule has 3 N–H and O–H groups in total. The molecule has 5 heteroatoms. The predicted molar refractivity (Wildman–Crippen MR) is 79.0 cm³/mol. The Labute approximate surface area is 119 Å². The number of aryl methyl sites for hydroxylation is 2. The third kappa shape index (κ3) is 3.98. The van der Waals surface area contributed by atoms with Gasteiger partial charge in [-0.15, -0.1) is 0 Å². The fraction of sp³-hybridized carbons (Fsp3) is 0.467. The van der Waals surface area contributed by atoms with Gasteiger partial charge in [-0.1, -0.05) is 24.6 Å². The van der Waals surface area contributed by atoms with Crippen LogP contribution in [-0.2, 0) is 4.79 Å². The molecule has 0 aliphatic carbocycles. The number of carbonyl (C=O) groups excluding carboxylic acids is 1. The average molecular weight is 278 g/mol. The molecule has 1 rings (SSSR count). The van der Waals surface area contributed by atoms with E-state index in [-0.39, 0.29) is 6.54 Å². The van der Waals surface area contributed by atoms with Crippen LogP contribution in [0.1, 0.15) is 31.4 Å². The summed E-state index contributed by atoms with van der Waals surface area (Å²) in [4.78, 5) is 23.0. The molecule has 0 heterocycles. The summed E-state index contributed by atoms with van der Waals surface area (Å²) in [5, 5.41) is 14.5. The van der Waals surface area contributed by atoms with Gasteiger partial charge in [0.15, 0.2) is 0 Å². The van der Waals surface area contributed by atoms with Crippen LogP contribution in [0.4, 0.5) is 10.5 Å². The summed E-state index contributed by atoms with van der Waals surface area (Å²) in [5.74, 6) is -0.910. The molecule has 1 aromatic rings. The molecule has 0 radical (unpaired) electrons. The van der Waals surface area contributed by atoms with E-state index in [9.17, 15) is 9.59 Å². The molecule has 0 saturated carbocycles. The average Bonchev–Trinajstić information content (AvgIpc) is 2.39. The van der Waals surface area contributed by atoms with Gasteiger partial charge in [-0.2, -0.15) is 0 Å². The standard InChI is InChI=1S/C15H22N2O3/c1-5-15(4,13(18)19)9-16-14(20)17-12-7-6-10(2)8-11(12)3/h6-8H,5,9H2,1-4H3,(H,18,19)(H2,16,17,20). The molecule has 1 atom stereocenters. The highest BCUT2D eigenvalue weighted by atomic mass is 16.4. The van der Waals surface area contributed by atoms with Crippen LogP contribution in [0.25, 0.3) is 0 Å². The number of nitrogens with one attached hydrogen (secondary N) is 2. The van der Waals surface area contributed by atoms with Gasteiger partial charge in [0.2, 0.25) is 0 Å². The number of carboxylic acid groups (broad SMARTS) is 1. The number of anilines is 1. The highest BCUT2D eigenvalue weighted by molar-refractivity contribution is 5.90. The summed E-state index contributed by atoms with van der Waals surface area (Å²) in [6.07, 6.45) is 0.451. The van der Waals surface area contributed by atoms with Gasteiger partial charge >= 0.3 is 12.0 Å². The van der Waals surface area contributed by atoms with Crippen LogP contribution in [0.5, 0.6) is 0 Å². The molecule has 20 heavy (non-hydrogen) atoms. The Balaban J connectivity index is 2.62. The van der Waals surface area contributed by atoms with Crippen LogP contribution < -0.4 is 10.6 Å². The van der Waals surface area contributed by atoms with Crippen molar-refractivity contribution in [3.8, 4) is 0 Å². The number of aliphatic carboxylic acids is 1. The monoisotopic (exact) mass is 278 g/mol. The second-order valence-corrected chi connectivity index (χ2v) is 5.35. The van der Waals surface area contributed by atoms with Crippen LogP contribution in [-0.4, -0.2) is 23.7 Å². The Morgan fingerprint density at radius 1 is 1.30 bits per heavy atom. The molecular weight excluding hydrogens is 256 g/mol. The van der Waals surface area contributed by atoms with Crippen molar-refractivity contribution < 1.29 is 14.7 Å². The zero-order valence-corrected chi connectivity index (χ0v) is 12.4. The molecule has 0 spiro atoms. The molecular formula is C15H22N2O3. The molecule has 0 fully saturated rings. The van der Waals surface area contributed by atoms with Gasteiger partial charge in [0.05, 0.1) is 5.41 Å². The largest absolute Gasteiger partial charge is 0.481 e. The smallest absolute Gasteiger partial charge is 0.319 e. The van der Waals surface area contributed by atoms with E-state index in [0.717, 1.165) is 16.8 Å². The van der Waals surface area contributed by atoms with E-state index < -0.39 is 17.4 Å². The summed E-state index contributed by atoms with van der Waals surface area (Å²) in [7, 11) is 0. The minimum absolute atomic E-state index is 0.0928. The van der Waals surface area contributed by atoms with E-state index in [0.29, 0.717) is 6.42 Å². The zero-order chi connectivity index (χ0) is 15.3. The molecule has 2 amide bonds. The second kappa shape index (κ2) is 6.41.